The summed E-state index contributed by atoms with van der Waals surface area (Å²) in [7, 11) is 0. The highest BCUT2D eigenvalue weighted by Gasteiger charge is 2.11. The number of allylic oxidation sites excluding steroid dienone is 1. The minimum Gasteiger partial charge on any atom is -0.271 e. The smallest absolute Gasteiger partial charge is 0.0474 e. The number of halogens is 1. The Hall–Kier alpha value is -0.830. The van der Waals surface area contributed by atoms with E-state index in [1.165, 1.54) is 12.8 Å². The van der Waals surface area contributed by atoms with Crippen LogP contribution in [0.4, 0.5) is 0 Å². The number of hydrogen-bond acceptors (Lipinski definition) is 2. The molecule has 2 nitrogen and oxygen atoms in total. The van der Waals surface area contributed by atoms with Gasteiger partial charge in [-0.25, -0.2) is 0 Å². The second-order valence-corrected chi connectivity index (χ2v) is 4.57. The molecule has 1 aromatic carbocycles. The molecular formula is C14H21ClN2. The van der Waals surface area contributed by atoms with Gasteiger partial charge in [-0.1, -0.05) is 48.7 Å². The maximum atomic E-state index is 6.15. The summed E-state index contributed by atoms with van der Waals surface area (Å²) in [5.74, 6) is 5.59. The van der Waals surface area contributed by atoms with Crippen LogP contribution in [0.3, 0.4) is 0 Å². The number of hydrogen-bond donors (Lipinski definition) is 2. The van der Waals surface area contributed by atoms with Crippen molar-refractivity contribution in [1.82, 2.24) is 5.43 Å². The summed E-state index contributed by atoms with van der Waals surface area (Å²) in [6.07, 6.45) is 7.61. The van der Waals surface area contributed by atoms with Gasteiger partial charge in [0.1, 0.15) is 0 Å². The zero-order chi connectivity index (χ0) is 12.5. The fourth-order valence-electron chi connectivity index (χ4n) is 1.90. The summed E-state index contributed by atoms with van der Waals surface area (Å²) in [6.45, 7) is 3.72. The number of nitrogens with two attached hydrogens (primary N) is 1. The fourth-order valence-corrected chi connectivity index (χ4v) is 2.17. The van der Waals surface area contributed by atoms with Crippen molar-refractivity contribution in [1.29, 1.82) is 0 Å². The Morgan fingerprint density at radius 2 is 2.06 bits per heavy atom. The summed E-state index contributed by atoms with van der Waals surface area (Å²) < 4.78 is 0. The first kappa shape index (κ1) is 14.2. The highest BCUT2D eigenvalue weighted by Crippen LogP contribution is 2.26. The van der Waals surface area contributed by atoms with Crippen LogP contribution in [0.25, 0.3) is 0 Å². The number of benzene rings is 1. The van der Waals surface area contributed by atoms with Crippen molar-refractivity contribution in [2.75, 3.05) is 0 Å². The van der Waals surface area contributed by atoms with Crippen molar-refractivity contribution in [3.05, 3.63) is 47.5 Å². The van der Waals surface area contributed by atoms with Gasteiger partial charge in [-0.3, -0.25) is 11.3 Å². The van der Waals surface area contributed by atoms with E-state index in [2.05, 4.69) is 12.0 Å². The Labute approximate surface area is 109 Å². The van der Waals surface area contributed by atoms with Crippen LogP contribution < -0.4 is 11.3 Å². The van der Waals surface area contributed by atoms with E-state index >= 15 is 0 Å². The van der Waals surface area contributed by atoms with Crippen LogP contribution in [0.1, 0.15) is 43.7 Å². The van der Waals surface area contributed by atoms with Crippen molar-refractivity contribution < 1.29 is 0 Å². The molecule has 0 aliphatic carbocycles. The first-order chi connectivity index (χ1) is 8.29. The minimum atomic E-state index is 0.146. The van der Waals surface area contributed by atoms with Crippen LogP contribution in [-0.4, -0.2) is 0 Å². The van der Waals surface area contributed by atoms with Gasteiger partial charge in [0, 0.05) is 11.1 Å². The lowest BCUT2D eigenvalue weighted by Gasteiger charge is -2.17. The molecule has 3 heteroatoms. The highest BCUT2D eigenvalue weighted by molar-refractivity contribution is 6.31. The number of rotatable bonds is 8. The molecule has 1 aromatic rings. The summed E-state index contributed by atoms with van der Waals surface area (Å²) in [4.78, 5) is 0. The zero-order valence-electron chi connectivity index (χ0n) is 10.2. The van der Waals surface area contributed by atoms with E-state index in [-0.39, 0.29) is 6.04 Å². The van der Waals surface area contributed by atoms with E-state index in [4.69, 9.17) is 17.4 Å². The molecule has 0 fully saturated rings. The normalized spacial score (nSPS) is 12.4. The number of nitrogens with one attached hydrogen (secondary N) is 1. The molecule has 1 atom stereocenters. The maximum Gasteiger partial charge on any atom is 0.0474 e. The molecule has 0 radical (unpaired) electrons. The first-order valence-corrected chi connectivity index (χ1v) is 6.49. The van der Waals surface area contributed by atoms with Crippen molar-refractivity contribution in [2.45, 2.75) is 38.1 Å². The third-order valence-electron chi connectivity index (χ3n) is 2.88. The molecule has 0 bridgehead atoms. The minimum absolute atomic E-state index is 0.146. The molecule has 0 aromatic heterocycles. The van der Waals surface area contributed by atoms with E-state index < -0.39 is 0 Å². The molecule has 0 spiro atoms. The van der Waals surface area contributed by atoms with Gasteiger partial charge in [-0.05, 0) is 30.9 Å². The van der Waals surface area contributed by atoms with Gasteiger partial charge in [0.15, 0.2) is 0 Å². The van der Waals surface area contributed by atoms with Gasteiger partial charge < -0.3 is 0 Å². The Balaban J connectivity index is 2.43. The van der Waals surface area contributed by atoms with E-state index in [1.54, 1.807) is 0 Å². The van der Waals surface area contributed by atoms with Gasteiger partial charge in [0.05, 0.1) is 0 Å². The second kappa shape index (κ2) is 8.29. The first-order valence-electron chi connectivity index (χ1n) is 6.11. The molecule has 0 saturated carbocycles. The molecule has 0 heterocycles. The van der Waals surface area contributed by atoms with Crippen LogP contribution in [0.5, 0.6) is 0 Å². The average molecular weight is 253 g/mol. The standard InChI is InChI=1S/C14H21ClN2/c1-2-3-4-5-6-11-14(17-16)12-9-7-8-10-13(12)15/h2,7-10,14,17H,1,3-6,11,16H2. The van der Waals surface area contributed by atoms with Crippen LogP contribution in [0, 0.1) is 0 Å². The van der Waals surface area contributed by atoms with Crippen molar-refractivity contribution in [3.8, 4) is 0 Å². The lowest BCUT2D eigenvalue weighted by atomic mass is 10.0. The average Bonchev–Trinajstić information content (AvgIpc) is 2.35. The zero-order valence-corrected chi connectivity index (χ0v) is 10.9. The molecule has 1 rings (SSSR count). The number of hydrazine groups is 1. The predicted octanol–water partition coefficient (Wildman–Crippen LogP) is 3.98. The SMILES string of the molecule is C=CCCCCCC(NN)c1ccccc1Cl. The van der Waals surface area contributed by atoms with Gasteiger partial charge >= 0.3 is 0 Å². The molecule has 0 amide bonds. The summed E-state index contributed by atoms with van der Waals surface area (Å²) in [5.41, 5.74) is 3.93. The summed E-state index contributed by atoms with van der Waals surface area (Å²) in [6, 6.07) is 8.00. The van der Waals surface area contributed by atoms with Gasteiger partial charge in [-0.15, -0.1) is 6.58 Å². The topological polar surface area (TPSA) is 38.0 Å². The second-order valence-electron chi connectivity index (χ2n) is 4.17. The maximum absolute atomic E-state index is 6.15. The Kier molecular flexibility index (Phi) is 6.94. The van der Waals surface area contributed by atoms with Crippen LogP contribution in [0.15, 0.2) is 36.9 Å². The third-order valence-corrected chi connectivity index (χ3v) is 3.23. The Morgan fingerprint density at radius 1 is 1.29 bits per heavy atom. The van der Waals surface area contributed by atoms with E-state index in [9.17, 15) is 0 Å². The number of unbranched alkanes of at least 4 members (excludes halogenated alkanes) is 3. The monoisotopic (exact) mass is 252 g/mol. The fraction of sp³-hybridized carbons (Fsp3) is 0.429. The summed E-state index contributed by atoms with van der Waals surface area (Å²) in [5, 5.41) is 0.779. The van der Waals surface area contributed by atoms with Gasteiger partial charge in [0.25, 0.3) is 0 Å². The largest absolute Gasteiger partial charge is 0.271 e. The van der Waals surface area contributed by atoms with Crippen molar-refractivity contribution in [2.24, 2.45) is 5.84 Å². The Bertz CT molecular complexity index is 339. The molecule has 94 valence electrons. The molecule has 0 aliphatic heterocycles. The van der Waals surface area contributed by atoms with Crippen LogP contribution in [-0.2, 0) is 0 Å². The molecular weight excluding hydrogens is 232 g/mol. The van der Waals surface area contributed by atoms with E-state index in [0.29, 0.717) is 0 Å². The van der Waals surface area contributed by atoms with Crippen LogP contribution >= 0.6 is 11.6 Å². The molecule has 1 unspecified atom stereocenters. The summed E-state index contributed by atoms with van der Waals surface area (Å²) >= 11 is 6.15. The third kappa shape index (κ3) is 4.90. The molecule has 0 aliphatic rings. The molecule has 3 N–H and O–H groups in total. The van der Waals surface area contributed by atoms with E-state index in [1.807, 2.05) is 30.3 Å². The molecule has 17 heavy (non-hydrogen) atoms. The highest BCUT2D eigenvalue weighted by atomic mass is 35.5. The lowest BCUT2D eigenvalue weighted by molar-refractivity contribution is 0.484. The van der Waals surface area contributed by atoms with Gasteiger partial charge in [-0.2, -0.15) is 0 Å². The van der Waals surface area contributed by atoms with Crippen molar-refractivity contribution >= 4 is 11.6 Å². The quantitative estimate of drug-likeness (QED) is 0.318. The van der Waals surface area contributed by atoms with E-state index in [0.717, 1.165) is 29.8 Å². The predicted molar refractivity (Wildman–Crippen MR) is 74.8 cm³/mol. The van der Waals surface area contributed by atoms with Gasteiger partial charge in [0.2, 0.25) is 0 Å². The molecule has 0 saturated heterocycles. The lowest BCUT2D eigenvalue weighted by Crippen LogP contribution is -2.28. The van der Waals surface area contributed by atoms with Crippen LogP contribution in [0.2, 0.25) is 5.02 Å². The Morgan fingerprint density at radius 3 is 2.71 bits per heavy atom. The van der Waals surface area contributed by atoms with Crippen molar-refractivity contribution in [3.63, 3.8) is 0 Å².